The van der Waals surface area contributed by atoms with E-state index >= 15 is 0 Å². The highest BCUT2D eigenvalue weighted by atomic mass is 15.0. The first kappa shape index (κ1) is 55.8. The Morgan fingerprint density at radius 3 is 0.946 bits per heavy atom. The van der Waals surface area contributed by atoms with Gasteiger partial charge in [0, 0.05) is 21.1 Å². The Morgan fingerprint density at radius 2 is 0.643 bits per heavy atom. The fourth-order valence-electron chi connectivity index (χ4n) is 5.73. The van der Waals surface area contributed by atoms with Crippen LogP contribution in [0.5, 0.6) is 0 Å². The van der Waals surface area contributed by atoms with E-state index in [2.05, 4.69) is 198 Å². The van der Waals surface area contributed by atoms with Gasteiger partial charge in [0.2, 0.25) is 0 Å². The molecule has 6 aromatic rings. The molecule has 0 aliphatic carbocycles. The quantitative estimate of drug-likeness (QED) is 0.155. The summed E-state index contributed by atoms with van der Waals surface area (Å²) in [6.07, 6.45) is 0. The van der Waals surface area contributed by atoms with E-state index in [0.717, 1.165) is 0 Å². The third-order valence-corrected chi connectivity index (χ3v) is 7.42. The Hall–Kier alpha value is -4.50. The molecule has 2 heterocycles. The molecule has 0 saturated heterocycles. The lowest BCUT2D eigenvalue weighted by Gasteiger charge is -2.30. The molecule has 0 saturated carbocycles. The summed E-state index contributed by atoms with van der Waals surface area (Å²) < 4.78 is 4.88. The first-order chi connectivity index (χ1) is 25.9. The number of hydrogen-bond acceptors (Lipinski definition) is 0. The summed E-state index contributed by atoms with van der Waals surface area (Å²) in [6.45, 7) is 37.9. The van der Waals surface area contributed by atoms with E-state index in [9.17, 15) is 0 Å². The molecule has 0 spiro atoms. The van der Waals surface area contributed by atoms with E-state index in [0.29, 0.717) is 5.41 Å². The van der Waals surface area contributed by atoms with Gasteiger partial charge in [-0.2, -0.15) is 0 Å². The van der Waals surface area contributed by atoms with Crippen molar-refractivity contribution >= 4 is 8.41 Å². The van der Waals surface area contributed by atoms with Gasteiger partial charge in [0.05, 0.1) is 28.5 Å². The fraction of sp³-hybridized carbons (Fsp3) is 0.396. The maximum Gasteiger partial charge on any atom is 0.0535 e. The summed E-state index contributed by atoms with van der Waals surface area (Å²) in [7, 11) is 0. The van der Waals surface area contributed by atoms with Crippen LogP contribution in [-0.2, 0) is 5.41 Å². The summed E-state index contributed by atoms with van der Waals surface area (Å²) in [6, 6.07) is 47.9. The van der Waals surface area contributed by atoms with E-state index in [1.807, 2.05) is 69.2 Å². The normalized spacial score (nSPS) is 9.68. The van der Waals surface area contributed by atoms with Crippen molar-refractivity contribution in [2.24, 2.45) is 5.41 Å². The van der Waals surface area contributed by atoms with Crippen molar-refractivity contribution in [2.75, 3.05) is 0 Å². The Balaban J connectivity index is -0.000000692. The number of benzene rings is 4. The van der Waals surface area contributed by atoms with Crippen LogP contribution in [0, 0.1) is 12.3 Å². The van der Waals surface area contributed by atoms with Crippen LogP contribution >= 0.6 is 0 Å². The van der Waals surface area contributed by atoms with Gasteiger partial charge in [0.1, 0.15) is 0 Å². The molecule has 0 atom stereocenters. The molecule has 0 aliphatic heterocycles. The molecule has 0 amide bonds. The zero-order valence-corrected chi connectivity index (χ0v) is 38.2. The van der Waals surface area contributed by atoms with Crippen LogP contribution < -0.4 is 0 Å². The standard InChI is InChI=1S/C37H34N2.C5H12.5C2H6.CH4.B.H2/c1-27-23-24-31(28-15-8-5-9-16-28)38(27)34-21-14-22-35(36(34)37(2,3)4)39-32(29-17-10-6-11-18-29)25-26-33(39)30-19-12-7-13-20-30;1-5(2,3)4;5*1-2;;;/h5-26H,1-4H3;1-4H3;5*1-2H3;1H4;;1H/i;;;;;;;;;1+1. The van der Waals surface area contributed by atoms with Crippen LogP contribution in [0.1, 0.15) is 138 Å². The molecule has 0 unspecified atom stereocenters. The third kappa shape index (κ3) is 15.9. The average Bonchev–Trinajstić information content (AvgIpc) is 3.83. The van der Waals surface area contributed by atoms with Gasteiger partial charge in [0.25, 0.3) is 0 Å². The Labute approximate surface area is 350 Å². The Bertz CT molecular complexity index is 1760. The topological polar surface area (TPSA) is 9.86 Å². The minimum Gasteiger partial charge on any atom is -0.314 e. The molecular weight excluding hydrogens is 675 g/mol. The summed E-state index contributed by atoms with van der Waals surface area (Å²) >= 11 is 0. The van der Waals surface area contributed by atoms with Gasteiger partial charge in [-0.25, -0.2) is 0 Å². The molecule has 0 fully saturated rings. The van der Waals surface area contributed by atoms with Gasteiger partial charge in [0.15, 0.2) is 0 Å². The van der Waals surface area contributed by atoms with Gasteiger partial charge in [-0.1, -0.05) is 222 Å². The van der Waals surface area contributed by atoms with Crippen LogP contribution in [0.4, 0.5) is 0 Å². The van der Waals surface area contributed by atoms with Crippen molar-refractivity contribution in [1.82, 2.24) is 9.13 Å². The number of hydrogen-bond donors (Lipinski definition) is 0. The van der Waals surface area contributed by atoms with E-state index in [4.69, 9.17) is 0 Å². The lowest BCUT2D eigenvalue weighted by atomic mass is 9.83. The lowest BCUT2D eigenvalue weighted by molar-refractivity contribution is 0.469. The molecule has 0 N–H and O–H groups in total. The predicted octanol–water partition coefficient (Wildman–Crippen LogP) is 17.6. The maximum atomic E-state index is 2.45. The minimum absolute atomic E-state index is 0. The van der Waals surface area contributed by atoms with Crippen LogP contribution in [-0.4, -0.2) is 17.5 Å². The summed E-state index contributed by atoms with van der Waals surface area (Å²) in [5.74, 6) is 0. The highest BCUT2D eigenvalue weighted by Crippen LogP contribution is 2.41. The largest absolute Gasteiger partial charge is 0.314 e. The van der Waals surface area contributed by atoms with Crippen molar-refractivity contribution in [1.29, 1.82) is 0 Å². The molecule has 2 nitrogen and oxygen atoms in total. The second-order valence-electron chi connectivity index (χ2n) is 14.2. The molecule has 4 aromatic carbocycles. The molecule has 0 aliphatic rings. The van der Waals surface area contributed by atoms with Crippen LogP contribution in [0.3, 0.4) is 0 Å². The lowest BCUT2D eigenvalue weighted by Crippen LogP contribution is -2.20. The third-order valence-electron chi connectivity index (χ3n) is 7.42. The smallest absolute Gasteiger partial charge is 0.0535 e. The zero-order valence-electron chi connectivity index (χ0n) is 38.2. The Kier molecular flexibility index (Phi) is 28.8. The number of rotatable bonds is 5. The zero-order chi connectivity index (χ0) is 41.5. The molecule has 3 heteroatoms. The molecule has 307 valence electrons. The molecule has 2 aromatic heterocycles. The first-order valence-electron chi connectivity index (χ1n) is 20.6. The van der Waals surface area contributed by atoms with E-state index in [-0.39, 0.29) is 22.7 Å². The SMILES string of the molecule is C.CC.CC.CC.CC.CC.CC(C)(C)C.Cc1ccc(-c2ccccc2)n1-c1cccc(-n2c(-c3ccccc3)ccc2-c2ccccc2)c1C(C)(C)C.[2HH].[B]. The van der Waals surface area contributed by atoms with Gasteiger partial charge in [-0.3, -0.25) is 0 Å². The van der Waals surface area contributed by atoms with Crippen LogP contribution in [0.2, 0.25) is 0 Å². The van der Waals surface area contributed by atoms with Crippen molar-refractivity contribution < 1.29 is 1.43 Å². The Morgan fingerprint density at radius 1 is 0.375 bits per heavy atom. The van der Waals surface area contributed by atoms with Crippen molar-refractivity contribution in [3.8, 4) is 45.1 Å². The number of aromatic nitrogens is 2. The van der Waals surface area contributed by atoms with E-state index < -0.39 is 0 Å². The summed E-state index contributed by atoms with van der Waals surface area (Å²) in [5, 5.41) is 0. The number of aryl methyl sites for hydroxylation is 1. The van der Waals surface area contributed by atoms with Crippen LogP contribution in [0.15, 0.2) is 133 Å². The van der Waals surface area contributed by atoms with Crippen molar-refractivity contribution in [3.05, 3.63) is 145 Å². The molecule has 3 radical (unpaired) electrons. The van der Waals surface area contributed by atoms with Gasteiger partial charge in [-0.05, 0) is 70.8 Å². The van der Waals surface area contributed by atoms with Gasteiger partial charge in [-0.15, -0.1) is 0 Å². The van der Waals surface area contributed by atoms with Crippen LogP contribution in [0.25, 0.3) is 45.1 Å². The minimum atomic E-state index is -0.122. The molecule has 6 rings (SSSR count). The molecule has 56 heavy (non-hydrogen) atoms. The fourth-order valence-corrected chi connectivity index (χ4v) is 5.73. The van der Waals surface area contributed by atoms with Gasteiger partial charge < -0.3 is 9.13 Å². The second-order valence-corrected chi connectivity index (χ2v) is 14.2. The highest BCUT2D eigenvalue weighted by Gasteiger charge is 2.27. The maximum absolute atomic E-state index is 2.45. The summed E-state index contributed by atoms with van der Waals surface area (Å²) in [5.41, 5.74) is 12.5. The summed E-state index contributed by atoms with van der Waals surface area (Å²) in [4.78, 5) is 0. The van der Waals surface area contributed by atoms with E-state index in [1.54, 1.807) is 0 Å². The number of nitrogens with zero attached hydrogens (tertiary/aromatic N) is 2. The average molecular weight is 759 g/mol. The molecule has 0 bridgehead atoms. The second kappa shape index (κ2) is 28.8. The predicted molar refractivity (Wildman–Crippen MR) is 261 cm³/mol. The van der Waals surface area contributed by atoms with Crippen molar-refractivity contribution in [2.45, 2.75) is 137 Å². The van der Waals surface area contributed by atoms with Gasteiger partial charge >= 0.3 is 0 Å². The highest BCUT2D eigenvalue weighted by molar-refractivity contribution is 5.76. The first-order valence-corrected chi connectivity index (χ1v) is 20.6. The molecular formula is C53H82BN2. The monoisotopic (exact) mass is 759 g/mol. The van der Waals surface area contributed by atoms with E-state index in [1.165, 1.54) is 56.4 Å². The van der Waals surface area contributed by atoms with Crippen molar-refractivity contribution in [3.63, 3.8) is 0 Å².